The molecule has 196 valence electrons. The van der Waals surface area contributed by atoms with E-state index in [1.807, 2.05) is 42.6 Å². The summed E-state index contributed by atoms with van der Waals surface area (Å²) in [6.07, 6.45) is 9.04. The molecule has 0 aliphatic carbocycles. The van der Waals surface area contributed by atoms with Crippen LogP contribution in [0.5, 0.6) is 0 Å². The Balaban J connectivity index is 1.37. The van der Waals surface area contributed by atoms with Gasteiger partial charge in [-0.2, -0.15) is 0 Å². The van der Waals surface area contributed by atoms with Crippen molar-refractivity contribution in [1.82, 2.24) is 14.4 Å². The number of imidazole rings is 1. The number of nitrogens with zero attached hydrogens (tertiary/aromatic N) is 5. The Morgan fingerprint density at radius 1 is 0.950 bits per heavy atom. The van der Waals surface area contributed by atoms with Crippen LogP contribution in [0, 0.1) is 13.8 Å². The van der Waals surface area contributed by atoms with Crippen molar-refractivity contribution in [3.8, 4) is 11.3 Å². The summed E-state index contributed by atoms with van der Waals surface area (Å²) in [4.78, 5) is 20.4. The Labute approximate surface area is 233 Å². The zero-order valence-corrected chi connectivity index (χ0v) is 22.8. The number of benzene rings is 2. The molecule has 0 saturated carbocycles. The van der Waals surface area contributed by atoms with E-state index in [1.54, 1.807) is 0 Å². The molecule has 6 nitrogen and oxygen atoms in total. The molecule has 0 radical (unpaired) electrons. The molecule has 5 heterocycles. The van der Waals surface area contributed by atoms with Crippen LogP contribution in [-0.4, -0.2) is 25.8 Å². The highest BCUT2D eigenvalue weighted by Crippen LogP contribution is 2.40. The summed E-state index contributed by atoms with van der Waals surface area (Å²) in [7, 11) is 0. The molecule has 0 amide bonds. The van der Waals surface area contributed by atoms with Crippen LogP contribution >= 0.6 is 0 Å². The first-order chi connectivity index (χ1) is 19.5. The highest BCUT2D eigenvalue weighted by Gasteiger charge is 2.35. The number of allylic oxidation sites excluding steroid dienone is 1. The minimum atomic E-state index is -0.511. The number of hydrogen-bond acceptors (Lipinski definition) is 5. The van der Waals surface area contributed by atoms with Gasteiger partial charge in [-0.05, 0) is 69.2 Å². The number of rotatable bonds is 4. The average molecular weight is 523 g/mol. The fraction of sp³-hybridized carbons (Fsp3) is 0.176. The van der Waals surface area contributed by atoms with Crippen LogP contribution in [-0.2, 0) is 5.54 Å². The van der Waals surface area contributed by atoms with Gasteiger partial charge in [-0.15, -0.1) is 0 Å². The molecule has 5 aromatic rings. The first-order valence-corrected chi connectivity index (χ1v) is 13.7. The van der Waals surface area contributed by atoms with E-state index < -0.39 is 5.54 Å². The van der Waals surface area contributed by atoms with Crippen molar-refractivity contribution in [2.24, 2.45) is 9.98 Å². The number of aryl methyl sites for hydroxylation is 2. The second-order valence-electron chi connectivity index (χ2n) is 10.8. The van der Waals surface area contributed by atoms with E-state index in [2.05, 4.69) is 96.3 Å². The number of dihydropyridines is 1. The molecule has 7 rings (SSSR count). The maximum Gasteiger partial charge on any atom is 0.143 e. The van der Waals surface area contributed by atoms with Gasteiger partial charge >= 0.3 is 0 Å². The minimum absolute atomic E-state index is 0.212. The molecule has 2 aromatic carbocycles. The average Bonchev–Trinajstić information content (AvgIpc) is 3.44. The number of nitrogens with one attached hydrogen (secondary N) is 1. The van der Waals surface area contributed by atoms with Gasteiger partial charge in [-0.1, -0.05) is 54.6 Å². The van der Waals surface area contributed by atoms with Crippen LogP contribution in [0.3, 0.4) is 0 Å². The van der Waals surface area contributed by atoms with E-state index >= 15 is 0 Å². The number of pyridine rings is 2. The molecular formula is C34H30N6. The number of aromatic nitrogens is 3. The molecule has 2 aliphatic heterocycles. The summed E-state index contributed by atoms with van der Waals surface area (Å²) in [6, 6.07) is 26.8. The molecule has 40 heavy (non-hydrogen) atoms. The van der Waals surface area contributed by atoms with E-state index in [-0.39, 0.29) is 6.04 Å². The van der Waals surface area contributed by atoms with Crippen LogP contribution in [0.25, 0.3) is 16.9 Å². The third-order valence-electron chi connectivity index (χ3n) is 7.84. The quantitative estimate of drug-likeness (QED) is 0.265. The molecule has 1 N–H and O–H groups in total. The first-order valence-electron chi connectivity index (χ1n) is 13.7. The Kier molecular flexibility index (Phi) is 5.70. The van der Waals surface area contributed by atoms with E-state index in [4.69, 9.17) is 15.0 Å². The van der Waals surface area contributed by atoms with Gasteiger partial charge in [0.2, 0.25) is 0 Å². The Bertz CT molecular complexity index is 1830. The van der Waals surface area contributed by atoms with Crippen molar-refractivity contribution in [2.45, 2.75) is 38.8 Å². The monoisotopic (exact) mass is 522 g/mol. The molecule has 0 saturated heterocycles. The first kappa shape index (κ1) is 24.2. The lowest BCUT2D eigenvalue weighted by molar-refractivity contribution is 0.504. The minimum Gasteiger partial charge on any atom is -0.370 e. The van der Waals surface area contributed by atoms with Gasteiger partial charge in [0.15, 0.2) is 0 Å². The van der Waals surface area contributed by atoms with Crippen molar-refractivity contribution in [3.63, 3.8) is 0 Å². The maximum atomic E-state index is 5.42. The zero-order valence-electron chi connectivity index (χ0n) is 22.8. The molecule has 3 aromatic heterocycles. The van der Waals surface area contributed by atoms with Crippen LogP contribution in [0.1, 0.15) is 41.9 Å². The molecule has 6 heteroatoms. The number of aliphatic imine (C=N–C) groups is 2. The van der Waals surface area contributed by atoms with Crippen molar-refractivity contribution in [1.29, 1.82) is 0 Å². The highest BCUT2D eigenvalue weighted by atomic mass is 15.1. The third kappa shape index (κ3) is 4.13. The van der Waals surface area contributed by atoms with Crippen LogP contribution in [0.4, 0.5) is 11.4 Å². The molecule has 2 aliphatic rings. The van der Waals surface area contributed by atoms with Gasteiger partial charge < -0.3 is 9.72 Å². The fourth-order valence-corrected chi connectivity index (χ4v) is 5.67. The Morgan fingerprint density at radius 2 is 1.80 bits per heavy atom. The zero-order chi connectivity index (χ0) is 27.3. The van der Waals surface area contributed by atoms with Crippen molar-refractivity contribution >= 4 is 28.4 Å². The summed E-state index contributed by atoms with van der Waals surface area (Å²) in [6.45, 7) is 6.40. The SMILES string of the molecule is Cc1ccc2c(c1)N=C(C1=NC(C)(c3ccc(C)n4cc(-c5ccccc5)nc34)CC=C1)C(c1ccccn1)N2. The van der Waals surface area contributed by atoms with E-state index in [1.165, 1.54) is 5.56 Å². The van der Waals surface area contributed by atoms with Crippen molar-refractivity contribution in [2.75, 3.05) is 5.32 Å². The third-order valence-corrected chi connectivity index (χ3v) is 7.84. The van der Waals surface area contributed by atoms with Gasteiger partial charge in [0.1, 0.15) is 11.7 Å². The number of anilines is 1. The standard InChI is InChI=1S/C34H30N6/c1-22-14-17-26-29(20-22)37-32(31(36-26)27-12-7-8-19-35-27)28-13-9-18-34(3,39-28)25-16-15-23(2)40-21-30(38-33(25)40)24-10-5-4-6-11-24/h4-17,19-21,31,36H,18H2,1-3H3. The molecule has 0 fully saturated rings. The predicted octanol–water partition coefficient (Wildman–Crippen LogP) is 7.57. The smallest absolute Gasteiger partial charge is 0.143 e. The van der Waals surface area contributed by atoms with Crippen molar-refractivity contribution in [3.05, 3.63) is 126 Å². The Morgan fingerprint density at radius 3 is 2.62 bits per heavy atom. The predicted molar refractivity (Wildman–Crippen MR) is 163 cm³/mol. The topological polar surface area (TPSA) is 66.9 Å². The lowest BCUT2D eigenvalue weighted by Crippen LogP contribution is -2.34. The second kappa shape index (κ2) is 9.42. The summed E-state index contributed by atoms with van der Waals surface area (Å²) in [5.41, 5.74) is 10.4. The fourth-order valence-electron chi connectivity index (χ4n) is 5.67. The molecule has 0 spiro atoms. The summed E-state index contributed by atoms with van der Waals surface area (Å²) in [5.74, 6) is 0. The molecular weight excluding hydrogens is 492 g/mol. The van der Waals surface area contributed by atoms with Gasteiger partial charge in [0, 0.05) is 29.2 Å². The Hall–Kier alpha value is -4.84. The highest BCUT2D eigenvalue weighted by molar-refractivity contribution is 6.49. The normalized spacial score (nSPS) is 20.0. The van der Waals surface area contributed by atoms with Crippen LogP contribution in [0.15, 0.2) is 113 Å². The lowest BCUT2D eigenvalue weighted by Gasteiger charge is -2.32. The number of hydrogen-bond donors (Lipinski definition) is 1. The van der Waals surface area contributed by atoms with E-state index in [0.29, 0.717) is 0 Å². The van der Waals surface area contributed by atoms with Gasteiger partial charge in [-0.3, -0.25) is 9.98 Å². The second-order valence-corrected chi connectivity index (χ2v) is 10.8. The van der Waals surface area contributed by atoms with Crippen LogP contribution < -0.4 is 5.32 Å². The largest absolute Gasteiger partial charge is 0.370 e. The summed E-state index contributed by atoms with van der Waals surface area (Å²) >= 11 is 0. The molecule has 2 unspecified atom stereocenters. The maximum absolute atomic E-state index is 5.42. The van der Waals surface area contributed by atoms with Crippen molar-refractivity contribution < 1.29 is 0 Å². The van der Waals surface area contributed by atoms with Gasteiger partial charge in [0.25, 0.3) is 0 Å². The lowest BCUT2D eigenvalue weighted by atomic mass is 9.86. The van der Waals surface area contributed by atoms with E-state index in [9.17, 15) is 0 Å². The van der Waals surface area contributed by atoms with Gasteiger partial charge in [-0.25, -0.2) is 9.98 Å². The summed E-state index contributed by atoms with van der Waals surface area (Å²) in [5, 5.41) is 3.69. The summed E-state index contributed by atoms with van der Waals surface area (Å²) < 4.78 is 2.19. The molecule has 2 atom stereocenters. The van der Waals surface area contributed by atoms with Crippen LogP contribution in [0.2, 0.25) is 0 Å². The van der Waals surface area contributed by atoms with E-state index in [0.717, 1.165) is 63.1 Å². The molecule has 0 bridgehead atoms. The number of fused-ring (bicyclic) bond motifs is 2. The van der Waals surface area contributed by atoms with Gasteiger partial charge in [0.05, 0.1) is 39.7 Å².